The third-order valence-electron chi connectivity index (χ3n) is 3.66. The van der Waals surface area contributed by atoms with E-state index in [0.717, 1.165) is 0 Å². The fourth-order valence-corrected chi connectivity index (χ4v) is 2.53. The van der Waals surface area contributed by atoms with E-state index in [2.05, 4.69) is 20.3 Å². The average molecular weight is 399 g/mol. The molecular formula is C19H19ClN6O2. The second-order valence-electron chi connectivity index (χ2n) is 6.05. The van der Waals surface area contributed by atoms with Gasteiger partial charge in [0.2, 0.25) is 11.9 Å². The van der Waals surface area contributed by atoms with E-state index in [4.69, 9.17) is 22.1 Å². The maximum absolute atomic E-state index is 12.7. The zero-order valence-electron chi connectivity index (χ0n) is 15.4. The highest BCUT2D eigenvalue weighted by Gasteiger charge is 2.15. The first kappa shape index (κ1) is 19.4. The fourth-order valence-electron chi connectivity index (χ4n) is 2.36. The van der Waals surface area contributed by atoms with E-state index in [9.17, 15) is 4.79 Å². The van der Waals surface area contributed by atoms with Crippen LogP contribution in [0.4, 0.5) is 17.6 Å². The van der Waals surface area contributed by atoms with Gasteiger partial charge in [0.05, 0.1) is 5.56 Å². The number of nitrogens with two attached hydrogens (primary N) is 1. The molecule has 0 unspecified atom stereocenters. The number of anilines is 3. The summed E-state index contributed by atoms with van der Waals surface area (Å²) in [5.74, 6) is 0.872. The first-order valence-corrected chi connectivity index (χ1v) is 8.76. The van der Waals surface area contributed by atoms with Gasteiger partial charge in [-0.15, -0.1) is 0 Å². The predicted octanol–water partition coefficient (Wildman–Crippen LogP) is 3.00. The molecule has 0 spiro atoms. The molecule has 1 amide bonds. The maximum atomic E-state index is 12.7. The van der Waals surface area contributed by atoms with E-state index in [1.54, 1.807) is 49.3 Å². The quantitative estimate of drug-likeness (QED) is 0.657. The smallest absolute Gasteiger partial charge is 0.259 e. The molecule has 0 saturated carbocycles. The van der Waals surface area contributed by atoms with Crippen molar-refractivity contribution in [2.75, 3.05) is 30.0 Å². The number of benzene rings is 2. The standard InChI is InChI=1S/C19H19ClN6O2/c1-26(2)19-24-16(23-18(21)25-19)11-28-15-9-8-12(20)10-14(15)17(27)22-13-6-4-3-5-7-13/h3-10H,11H2,1-2H3,(H,22,27)(H2,21,23,24,25). The molecule has 8 nitrogen and oxygen atoms in total. The van der Waals surface area contributed by atoms with E-state index in [0.29, 0.717) is 33.8 Å². The van der Waals surface area contributed by atoms with Crippen LogP contribution in [-0.4, -0.2) is 35.0 Å². The summed E-state index contributed by atoms with van der Waals surface area (Å²) in [6, 6.07) is 13.9. The number of ether oxygens (including phenoxy) is 1. The molecule has 144 valence electrons. The molecule has 0 aliphatic heterocycles. The SMILES string of the molecule is CN(C)c1nc(N)nc(COc2ccc(Cl)cc2C(=O)Nc2ccccc2)n1. The Labute approximate surface area is 167 Å². The van der Waals surface area contributed by atoms with Crippen molar-refractivity contribution in [1.29, 1.82) is 0 Å². The molecule has 3 rings (SSSR count). The Morgan fingerprint density at radius 2 is 1.89 bits per heavy atom. The number of carbonyl (C=O) groups excluding carboxylic acids is 1. The highest BCUT2D eigenvalue weighted by atomic mass is 35.5. The molecule has 0 bridgehead atoms. The number of nitrogens with one attached hydrogen (secondary N) is 1. The summed E-state index contributed by atoms with van der Waals surface area (Å²) in [6.07, 6.45) is 0. The zero-order chi connectivity index (χ0) is 20.1. The Hall–Kier alpha value is -3.39. The Bertz CT molecular complexity index is 981. The van der Waals surface area contributed by atoms with Crippen LogP contribution in [0, 0.1) is 0 Å². The number of nitrogens with zero attached hydrogens (tertiary/aromatic N) is 4. The first-order chi connectivity index (χ1) is 13.4. The van der Waals surface area contributed by atoms with Crippen LogP contribution in [0.1, 0.15) is 16.2 Å². The van der Waals surface area contributed by atoms with Gasteiger partial charge in [-0.25, -0.2) is 0 Å². The third-order valence-corrected chi connectivity index (χ3v) is 3.90. The van der Waals surface area contributed by atoms with E-state index < -0.39 is 0 Å². The van der Waals surface area contributed by atoms with Crippen molar-refractivity contribution in [3.05, 3.63) is 64.9 Å². The number of nitrogen functional groups attached to an aromatic ring is 1. The average Bonchev–Trinajstić information content (AvgIpc) is 2.67. The van der Waals surface area contributed by atoms with Crippen molar-refractivity contribution in [2.45, 2.75) is 6.61 Å². The van der Waals surface area contributed by atoms with Crippen molar-refractivity contribution in [3.8, 4) is 5.75 Å². The van der Waals surface area contributed by atoms with Crippen LogP contribution >= 0.6 is 11.6 Å². The number of rotatable bonds is 6. The minimum Gasteiger partial charge on any atom is -0.485 e. The van der Waals surface area contributed by atoms with E-state index in [-0.39, 0.29) is 18.5 Å². The number of aromatic nitrogens is 3. The number of hydrogen-bond donors (Lipinski definition) is 2. The van der Waals surface area contributed by atoms with Crippen molar-refractivity contribution in [3.63, 3.8) is 0 Å². The topological polar surface area (TPSA) is 106 Å². The largest absolute Gasteiger partial charge is 0.485 e. The van der Waals surface area contributed by atoms with Crippen LogP contribution in [0.25, 0.3) is 0 Å². The Balaban J connectivity index is 1.80. The van der Waals surface area contributed by atoms with Gasteiger partial charge in [0.25, 0.3) is 5.91 Å². The monoisotopic (exact) mass is 398 g/mol. The fraction of sp³-hybridized carbons (Fsp3) is 0.158. The summed E-state index contributed by atoms with van der Waals surface area (Å²) >= 11 is 6.07. The normalized spacial score (nSPS) is 10.4. The highest BCUT2D eigenvalue weighted by Crippen LogP contribution is 2.25. The number of hydrogen-bond acceptors (Lipinski definition) is 7. The van der Waals surface area contributed by atoms with Gasteiger partial charge in [-0.2, -0.15) is 15.0 Å². The van der Waals surface area contributed by atoms with Gasteiger partial charge in [-0.05, 0) is 30.3 Å². The Morgan fingerprint density at radius 1 is 1.14 bits per heavy atom. The maximum Gasteiger partial charge on any atom is 0.259 e. The van der Waals surface area contributed by atoms with Crippen LogP contribution in [0.15, 0.2) is 48.5 Å². The summed E-state index contributed by atoms with van der Waals surface area (Å²) < 4.78 is 5.78. The molecule has 0 saturated heterocycles. The van der Waals surface area contributed by atoms with Gasteiger partial charge >= 0.3 is 0 Å². The van der Waals surface area contributed by atoms with Crippen LogP contribution < -0.4 is 20.7 Å². The van der Waals surface area contributed by atoms with Crippen molar-refractivity contribution >= 4 is 35.1 Å². The molecule has 0 fully saturated rings. The van der Waals surface area contributed by atoms with Gasteiger partial charge in [0.1, 0.15) is 12.4 Å². The van der Waals surface area contributed by atoms with Gasteiger partial charge in [-0.1, -0.05) is 29.8 Å². The van der Waals surface area contributed by atoms with Gasteiger partial charge in [0.15, 0.2) is 5.82 Å². The summed E-state index contributed by atoms with van der Waals surface area (Å²) in [4.78, 5) is 26.8. The molecule has 0 radical (unpaired) electrons. The lowest BCUT2D eigenvalue weighted by Crippen LogP contribution is -2.17. The lowest BCUT2D eigenvalue weighted by Gasteiger charge is -2.14. The van der Waals surface area contributed by atoms with Crippen molar-refractivity contribution in [1.82, 2.24) is 15.0 Å². The number of para-hydroxylation sites is 1. The summed E-state index contributed by atoms with van der Waals surface area (Å²) in [6.45, 7) is 0.0147. The summed E-state index contributed by atoms with van der Waals surface area (Å²) in [7, 11) is 3.59. The second-order valence-corrected chi connectivity index (χ2v) is 6.49. The minimum atomic E-state index is -0.340. The summed E-state index contributed by atoms with van der Waals surface area (Å²) in [5.41, 5.74) is 6.69. The molecule has 3 aromatic rings. The third kappa shape index (κ3) is 4.86. The van der Waals surface area contributed by atoms with E-state index in [1.165, 1.54) is 0 Å². The lowest BCUT2D eigenvalue weighted by molar-refractivity contribution is 0.102. The summed E-state index contributed by atoms with van der Waals surface area (Å²) in [5, 5.41) is 3.23. The minimum absolute atomic E-state index is 0.0147. The molecule has 1 heterocycles. The van der Waals surface area contributed by atoms with Crippen LogP contribution in [0.5, 0.6) is 5.75 Å². The number of carbonyl (C=O) groups is 1. The molecule has 28 heavy (non-hydrogen) atoms. The zero-order valence-corrected chi connectivity index (χ0v) is 16.1. The molecule has 1 aromatic heterocycles. The molecule has 0 aliphatic rings. The molecule has 0 atom stereocenters. The Kier molecular flexibility index (Phi) is 5.90. The highest BCUT2D eigenvalue weighted by molar-refractivity contribution is 6.31. The predicted molar refractivity (Wildman–Crippen MR) is 109 cm³/mol. The van der Waals surface area contributed by atoms with Crippen molar-refractivity contribution < 1.29 is 9.53 Å². The van der Waals surface area contributed by atoms with Gasteiger partial charge in [0, 0.05) is 24.8 Å². The Morgan fingerprint density at radius 3 is 2.61 bits per heavy atom. The molecule has 0 aliphatic carbocycles. The van der Waals surface area contributed by atoms with Crippen LogP contribution in [-0.2, 0) is 6.61 Å². The number of halogens is 1. The van der Waals surface area contributed by atoms with Gasteiger partial charge in [-0.3, -0.25) is 4.79 Å². The molecule has 2 aromatic carbocycles. The van der Waals surface area contributed by atoms with E-state index in [1.807, 2.05) is 18.2 Å². The van der Waals surface area contributed by atoms with E-state index >= 15 is 0 Å². The number of amides is 1. The lowest BCUT2D eigenvalue weighted by atomic mass is 10.2. The molecule has 3 N–H and O–H groups in total. The van der Waals surface area contributed by atoms with Crippen LogP contribution in [0.3, 0.4) is 0 Å². The molecule has 9 heteroatoms. The second kappa shape index (κ2) is 8.53. The molecular weight excluding hydrogens is 380 g/mol. The van der Waals surface area contributed by atoms with Crippen LogP contribution in [0.2, 0.25) is 5.02 Å². The first-order valence-electron chi connectivity index (χ1n) is 8.39. The van der Waals surface area contributed by atoms with Crippen molar-refractivity contribution in [2.24, 2.45) is 0 Å². The van der Waals surface area contributed by atoms with Gasteiger partial charge < -0.3 is 20.7 Å².